The number of aryl methyl sites for hydroxylation is 1. The van der Waals surface area contributed by atoms with Crippen molar-refractivity contribution < 1.29 is 24.2 Å². The summed E-state index contributed by atoms with van der Waals surface area (Å²) in [5.74, 6) is -1.11. The molecule has 2 rings (SSSR count). The fourth-order valence-electron chi connectivity index (χ4n) is 2.18. The Labute approximate surface area is 123 Å². The minimum atomic E-state index is -1.07. The predicted molar refractivity (Wildman–Crippen MR) is 75.6 cm³/mol. The van der Waals surface area contributed by atoms with Gasteiger partial charge in [0, 0.05) is 19.3 Å². The SMILES string of the molecule is Cc1ccc(C(=O)O)c(OCC(=O)NC2CCOCC2)c1. The Morgan fingerprint density at radius 2 is 2.10 bits per heavy atom. The molecule has 0 aromatic heterocycles. The van der Waals surface area contributed by atoms with Gasteiger partial charge in [0.2, 0.25) is 0 Å². The van der Waals surface area contributed by atoms with Gasteiger partial charge >= 0.3 is 5.97 Å². The molecule has 1 aromatic rings. The Hall–Kier alpha value is -2.08. The van der Waals surface area contributed by atoms with Crippen molar-refractivity contribution >= 4 is 11.9 Å². The fraction of sp³-hybridized carbons (Fsp3) is 0.467. The van der Waals surface area contributed by atoms with Crippen LogP contribution in [0.25, 0.3) is 0 Å². The number of carboxylic acids is 1. The number of carbonyl (C=O) groups excluding carboxylic acids is 1. The highest BCUT2D eigenvalue weighted by molar-refractivity contribution is 5.91. The van der Waals surface area contributed by atoms with Gasteiger partial charge in [-0.15, -0.1) is 0 Å². The highest BCUT2D eigenvalue weighted by atomic mass is 16.5. The first-order chi connectivity index (χ1) is 10.1. The number of carboxylic acid groups (broad SMARTS) is 1. The van der Waals surface area contributed by atoms with Crippen LogP contribution in [0.15, 0.2) is 18.2 Å². The highest BCUT2D eigenvalue weighted by Gasteiger charge is 2.17. The molecule has 6 heteroatoms. The molecule has 0 aliphatic carbocycles. The number of ether oxygens (including phenoxy) is 2. The maximum atomic E-state index is 11.8. The maximum Gasteiger partial charge on any atom is 0.339 e. The van der Waals surface area contributed by atoms with Crippen LogP contribution in [0.1, 0.15) is 28.8 Å². The molecule has 0 saturated carbocycles. The number of aromatic carboxylic acids is 1. The number of amides is 1. The zero-order valence-corrected chi connectivity index (χ0v) is 11.9. The molecule has 1 aliphatic heterocycles. The van der Waals surface area contributed by atoms with Crippen molar-refractivity contribution in [3.05, 3.63) is 29.3 Å². The number of hydrogen-bond acceptors (Lipinski definition) is 4. The van der Waals surface area contributed by atoms with Gasteiger partial charge in [-0.2, -0.15) is 0 Å². The van der Waals surface area contributed by atoms with Gasteiger partial charge in [0.1, 0.15) is 11.3 Å². The van der Waals surface area contributed by atoms with Crippen molar-refractivity contribution in [3.63, 3.8) is 0 Å². The van der Waals surface area contributed by atoms with Crippen LogP contribution in [0.4, 0.5) is 0 Å². The molecule has 1 fully saturated rings. The van der Waals surface area contributed by atoms with E-state index in [0.717, 1.165) is 18.4 Å². The van der Waals surface area contributed by atoms with Crippen molar-refractivity contribution in [2.45, 2.75) is 25.8 Å². The molecule has 0 atom stereocenters. The van der Waals surface area contributed by atoms with E-state index >= 15 is 0 Å². The average Bonchev–Trinajstić information content (AvgIpc) is 2.46. The number of benzene rings is 1. The third-order valence-corrected chi connectivity index (χ3v) is 3.31. The molecule has 0 radical (unpaired) electrons. The van der Waals surface area contributed by atoms with Crippen LogP contribution >= 0.6 is 0 Å². The van der Waals surface area contributed by atoms with Gasteiger partial charge in [-0.25, -0.2) is 4.79 Å². The molecule has 114 valence electrons. The number of hydrogen-bond donors (Lipinski definition) is 2. The van der Waals surface area contributed by atoms with E-state index in [1.54, 1.807) is 12.1 Å². The standard InChI is InChI=1S/C15H19NO5/c1-10-2-3-12(15(18)19)13(8-10)21-9-14(17)16-11-4-6-20-7-5-11/h2-3,8,11H,4-7,9H2,1H3,(H,16,17)(H,18,19). The predicted octanol–water partition coefficient (Wildman–Crippen LogP) is 1.37. The van der Waals surface area contributed by atoms with Gasteiger partial charge in [-0.3, -0.25) is 4.79 Å². The quantitative estimate of drug-likeness (QED) is 0.856. The van der Waals surface area contributed by atoms with Crippen molar-refractivity contribution in [3.8, 4) is 5.75 Å². The van der Waals surface area contributed by atoms with E-state index in [-0.39, 0.29) is 29.9 Å². The molecule has 1 aromatic carbocycles. The molecule has 1 amide bonds. The van der Waals surface area contributed by atoms with E-state index in [1.807, 2.05) is 6.92 Å². The molecule has 2 N–H and O–H groups in total. The Bertz CT molecular complexity index is 523. The molecular formula is C15H19NO5. The topological polar surface area (TPSA) is 84.9 Å². The second-order valence-electron chi connectivity index (χ2n) is 5.05. The van der Waals surface area contributed by atoms with Gasteiger partial charge < -0.3 is 19.9 Å². The molecule has 6 nitrogen and oxygen atoms in total. The maximum absolute atomic E-state index is 11.8. The van der Waals surface area contributed by atoms with Crippen LogP contribution in [0.3, 0.4) is 0 Å². The van der Waals surface area contributed by atoms with Crippen LogP contribution in [0, 0.1) is 6.92 Å². The Balaban J connectivity index is 1.91. The number of rotatable bonds is 5. The van der Waals surface area contributed by atoms with E-state index in [9.17, 15) is 9.59 Å². The van der Waals surface area contributed by atoms with Crippen LogP contribution in [0.5, 0.6) is 5.75 Å². The summed E-state index contributed by atoms with van der Waals surface area (Å²) in [5, 5.41) is 11.9. The van der Waals surface area contributed by atoms with Gasteiger partial charge in [0.05, 0.1) is 0 Å². The summed E-state index contributed by atoms with van der Waals surface area (Å²) in [5.41, 5.74) is 0.930. The molecule has 1 saturated heterocycles. The summed E-state index contributed by atoms with van der Waals surface area (Å²) < 4.78 is 10.6. The normalized spacial score (nSPS) is 15.5. The second-order valence-corrected chi connectivity index (χ2v) is 5.05. The van der Waals surface area contributed by atoms with Crippen molar-refractivity contribution in [2.75, 3.05) is 19.8 Å². The summed E-state index contributed by atoms with van der Waals surface area (Å²) >= 11 is 0. The van der Waals surface area contributed by atoms with Gasteiger partial charge in [0.15, 0.2) is 6.61 Å². The first kappa shape index (κ1) is 15.3. The van der Waals surface area contributed by atoms with Gasteiger partial charge in [-0.05, 0) is 37.5 Å². The van der Waals surface area contributed by atoms with Crippen LogP contribution in [-0.2, 0) is 9.53 Å². The number of nitrogens with one attached hydrogen (secondary N) is 1. The van der Waals surface area contributed by atoms with Crippen LogP contribution in [-0.4, -0.2) is 42.8 Å². The van der Waals surface area contributed by atoms with Gasteiger partial charge in [-0.1, -0.05) is 6.07 Å². The monoisotopic (exact) mass is 293 g/mol. The summed E-state index contributed by atoms with van der Waals surface area (Å²) in [6, 6.07) is 4.89. The van der Waals surface area contributed by atoms with Gasteiger partial charge in [0.25, 0.3) is 5.91 Å². The minimum Gasteiger partial charge on any atom is -0.483 e. The zero-order valence-electron chi connectivity index (χ0n) is 11.9. The van der Waals surface area contributed by atoms with E-state index in [0.29, 0.717) is 13.2 Å². The number of carbonyl (C=O) groups is 2. The lowest BCUT2D eigenvalue weighted by molar-refractivity contribution is -0.124. The first-order valence-corrected chi connectivity index (χ1v) is 6.90. The lowest BCUT2D eigenvalue weighted by Crippen LogP contribution is -2.41. The third-order valence-electron chi connectivity index (χ3n) is 3.31. The summed E-state index contributed by atoms with van der Waals surface area (Å²) in [4.78, 5) is 22.9. The zero-order chi connectivity index (χ0) is 15.2. The van der Waals surface area contributed by atoms with Crippen LogP contribution < -0.4 is 10.1 Å². The molecular weight excluding hydrogens is 274 g/mol. The molecule has 0 unspecified atom stereocenters. The minimum absolute atomic E-state index is 0.0551. The smallest absolute Gasteiger partial charge is 0.339 e. The highest BCUT2D eigenvalue weighted by Crippen LogP contribution is 2.20. The lowest BCUT2D eigenvalue weighted by Gasteiger charge is -2.23. The molecule has 0 bridgehead atoms. The third kappa shape index (κ3) is 4.46. The van der Waals surface area contributed by atoms with Crippen molar-refractivity contribution in [2.24, 2.45) is 0 Å². The Morgan fingerprint density at radius 3 is 2.76 bits per heavy atom. The Kier molecular flexibility index (Phi) is 5.16. The van der Waals surface area contributed by atoms with E-state index in [4.69, 9.17) is 14.6 Å². The van der Waals surface area contributed by atoms with E-state index in [1.165, 1.54) is 6.07 Å². The van der Waals surface area contributed by atoms with Crippen LogP contribution in [0.2, 0.25) is 0 Å². The molecule has 1 heterocycles. The molecule has 0 spiro atoms. The summed E-state index contributed by atoms with van der Waals surface area (Å²) in [6.45, 7) is 2.93. The lowest BCUT2D eigenvalue weighted by atomic mass is 10.1. The van der Waals surface area contributed by atoms with E-state index < -0.39 is 5.97 Å². The molecule has 21 heavy (non-hydrogen) atoms. The van der Waals surface area contributed by atoms with Crippen molar-refractivity contribution in [1.82, 2.24) is 5.32 Å². The summed E-state index contributed by atoms with van der Waals surface area (Å²) in [7, 11) is 0. The largest absolute Gasteiger partial charge is 0.483 e. The fourth-order valence-corrected chi connectivity index (χ4v) is 2.18. The van der Waals surface area contributed by atoms with Crippen molar-refractivity contribution in [1.29, 1.82) is 0 Å². The summed E-state index contributed by atoms with van der Waals surface area (Å²) in [6.07, 6.45) is 1.58. The first-order valence-electron chi connectivity index (χ1n) is 6.90. The molecule has 1 aliphatic rings. The Morgan fingerprint density at radius 1 is 1.38 bits per heavy atom. The van der Waals surface area contributed by atoms with E-state index in [2.05, 4.69) is 5.32 Å². The second kappa shape index (κ2) is 7.08. The average molecular weight is 293 g/mol.